The predicted molar refractivity (Wildman–Crippen MR) is 177 cm³/mol. The van der Waals surface area contributed by atoms with Gasteiger partial charge in [0.25, 0.3) is 5.91 Å². The molecule has 5 nitrogen and oxygen atoms in total. The van der Waals surface area contributed by atoms with Crippen LogP contribution in [0.5, 0.6) is 5.75 Å². The normalized spacial score (nSPS) is 20.6. The third kappa shape index (κ3) is 6.57. The number of aryl methyl sites for hydroxylation is 1. The Kier molecular flexibility index (Phi) is 9.25. The molecule has 220 valence electrons. The summed E-state index contributed by atoms with van der Waals surface area (Å²) in [5, 5.41) is 0.942. The minimum atomic E-state index is 0.138. The van der Waals surface area contributed by atoms with Crippen LogP contribution in [0.25, 0.3) is 11.8 Å². The molecular weight excluding hydrogens is 606 g/mol. The maximum atomic E-state index is 13.9. The van der Waals surface area contributed by atoms with Crippen molar-refractivity contribution in [3.8, 4) is 11.4 Å². The second kappa shape index (κ2) is 13.3. The Hall–Kier alpha value is -2.77. The van der Waals surface area contributed by atoms with Gasteiger partial charge in [0.1, 0.15) is 12.4 Å². The Bertz CT molecular complexity index is 1460. The molecule has 42 heavy (non-hydrogen) atoms. The van der Waals surface area contributed by atoms with Crippen molar-refractivity contribution in [1.82, 2.24) is 9.47 Å². The molecule has 7 heteroatoms. The first kappa shape index (κ1) is 29.3. The topological polar surface area (TPSA) is 46.8 Å². The number of benzene rings is 2. The summed E-state index contributed by atoms with van der Waals surface area (Å²) in [6.07, 6.45) is 14.0. The highest BCUT2D eigenvalue weighted by molar-refractivity contribution is 9.10. The number of amides is 1. The standard InChI is InChI=1S/C35H40BrN3O2S/c1-24-21-27(25(2)38(24)31-17-19-32(20-18-31)41-23-26-13-15-28(36)16-14-26)22-33-34(40)39(30-11-7-4-8-12-30)35(42-33)37-29-9-5-3-6-10-29/h13-22,29-30H,3-12,23H2,1-2H3/b33-22-,37-35?. The van der Waals surface area contributed by atoms with Gasteiger partial charge in [0.15, 0.2) is 5.17 Å². The molecule has 2 saturated carbocycles. The predicted octanol–water partition coefficient (Wildman–Crippen LogP) is 9.37. The van der Waals surface area contributed by atoms with Gasteiger partial charge in [-0.15, -0.1) is 0 Å². The number of hydrogen-bond donors (Lipinski definition) is 0. The lowest BCUT2D eigenvalue weighted by molar-refractivity contribution is -0.124. The summed E-state index contributed by atoms with van der Waals surface area (Å²) in [5.41, 5.74) is 5.56. The van der Waals surface area contributed by atoms with E-state index in [1.807, 2.05) is 24.3 Å². The molecule has 1 aliphatic heterocycles. The largest absolute Gasteiger partial charge is 0.489 e. The van der Waals surface area contributed by atoms with Crippen LogP contribution < -0.4 is 4.74 Å². The van der Waals surface area contributed by atoms with Crippen molar-refractivity contribution in [1.29, 1.82) is 0 Å². The zero-order valence-electron chi connectivity index (χ0n) is 24.7. The third-order valence-electron chi connectivity index (χ3n) is 8.82. The van der Waals surface area contributed by atoms with Gasteiger partial charge in [0.05, 0.1) is 10.9 Å². The molecule has 0 atom stereocenters. The summed E-state index contributed by atoms with van der Waals surface area (Å²) in [7, 11) is 0. The van der Waals surface area contributed by atoms with Crippen LogP contribution in [0.4, 0.5) is 0 Å². The zero-order valence-corrected chi connectivity index (χ0v) is 27.1. The number of halogens is 1. The molecule has 1 aromatic heterocycles. The number of aliphatic imine (C=N–C) groups is 1. The first-order valence-corrected chi connectivity index (χ1v) is 17.0. The van der Waals surface area contributed by atoms with Crippen molar-refractivity contribution in [3.63, 3.8) is 0 Å². The number of hydrogen-bond acceptors (Lipinski definition) is 4. The maximum Gasteiger partial charge on any atom is 0.267 e. The second-order valence-electron chi connectivity index (χ2n) is 11.9. The average Bonchev–Trinajstić information content (AvgIpc) is 3.47. The van der Waals surface area contributed by atoms with Crippen LogP contribution in [0.2, 0.25) is 0 Å². The molecule has 2 aliphatic carbocycles. The highest BCUT2D eigenvalue weighted by Gasteiger charge is 2.39. The van der Waals surface area contributed by atoms with E-state index < -0.39 is 0 Å². The Balaban J connectivity index is 1.22. The fourth-order valence-corrected chi connectivity index (χ4v) is 7.88. The molecule has 2 aromatic carbocycles. The van der Waals surface area contributed by atoms with E-state index in [0.717, 1.165) is 74.2 Å². The van der Waals surface area contributed by atoms with Gasteiger partial charge in [0.2, 0.25) is 0 Å². The summed E-state index contributed by atoms with van der Waals surface area (Å²) in [6, 6.07) is 19.3. The molecule has 1 amide bonds. The SMILES string of the molecule is Cc1cc(/C=C2\SC(=NC3CCCCC3)N(C3CCCCC3)C2=O)c(C)n1-c1ccc(OCc2ccc(Br)cc2)cc1. The smallest absolute Gasteiger partial charge is 0.267 e. The van der Waals surface area contributed by atoms with Crippen molar-refractivity contribution in [3.05, 3.63) is 86.5 Å². The highest BCUT2D eigenvalue weighted by atomic mass is 79.9. The minimum Gasteiger partial charge on any atom is -0.489 e. The summed E-state index contributed by atoms with van der Waals surface area (Å²) >= 11 is 5.07. The van der Waals surface area contributed by atoms with Crippen molar-refractivity contribution >= 4 is 44.8 Å². The zero-order chi connectivity index (χ0) is 29.1. The first-order valence-electron chi connectivity index (χ1n) is 15.4. The van der Waals surface area contributed by atoms with Gasteiger partial charge in [0, 0.05) is 27.6 Å². The monoisotopic (exact) mass is 645 g/mol. The van der Waals surface area contributed by atoms with E-state index in [-0.39, 0.29) is 11.9 Å². The lowest BCUT2D eigenvalue weighted by Crippen LogP contribution is -2.41. The van der Waals surface area contributed by atoms with Crippen LogP contribution in [-0.4, -0.2) is 32.6 Å². The number of aromatic nitrogens is 1. The van der Waals surface area contributed by atoms with Gasteiger partial charge in [-0.25, -0.2) is 0 Å². The Morgan fingerprint density at radius 3 is 2.29 bits per heavy atom. The Labute approximate surface area is 262 Å². The maximum absolute atomic E-state index is 13.9. The van der Waals surface area contributed by atoms with Gasteiger partial charge in [-0.05, 0) is 111 Å². The lowest BCUT2D eigenvalue weighted by atomic mass is 9.94. The van der Waals surface area contributed by atoms with Crippen LogP contribution in [0, 0.1) is 13.8 Å². The van der Waals surface area contributed by atoms with E-state index in [4.69, 9.17) is 9.73 Å². The van der Waals surface area contributed by atoms with Gasteiger partial charge in [-0.2, -0.15) is 0 Å². The summed E-state index contributed by atoms with van der Waals surface area (Å²) < 4.78 is 9.34. The van der Waals surface area contributed by atoms with Crippen molar-refractivity contribution in [2.45, 2.75) is 96.7 Å². The molecular formula is C35H40BrN3O2S. The number of carbonyl (C=O) groups excluding carboxylic acids is 1. The number of ether oxygens (including phenoxy) is 1. The van der Waals surface area contributed by atoms with Gasteiger partial charge in [-0.3, -0.25) is 14.7 Å². The third-order valence-corrected chi connectivity index (χ3v) is 10.3. The van der Waals surface area contributed by atoms with Crippen molar-refractivity contribution in [2.24, 2.45) is 4.99 Å². The van der Waals surface area contributed by atoms with Crippen LogP contribution in [0.1, 0.15) is 86.7 Å². The molecule has 2 heterocycles. The van der Waals surface area contributed by atoms with Crippen LogP contribution in [0.3, 0.4) is 0 Å². The van der Waals surface area contributed by atoms with E-state index in [0.29, 0.717) is 12.6 Å². The van der Waals surface area contributed by atoms with Crippen LogP contribution in [0.15, 0.2) is 69.0 Å². The number of carbonyl (C=O) groups is 1. The molecule has 0 radical (unpaired) electrons. The summed E-state index contributed by atoms with van der Waals surface area (Å²) in [6.45, 7) is 4.79. The van der Waals surface area contributed by atoms with Crippen molar-refractivity contribution < 1.29 is 9.53 Å². The lowest BCUT2D eigenvalue weighted by Gasteiger charge is -2.31. The molecule has 3 fully saturated rings. The molecule has 1 saturated heterocycles. The van der Waals surface area contributed by atoms with E-state index in [1.54, 1.807) is 11.8 Å². The summed E-state index contributed by atoms with van der Waals surface area (Å²) in [5.74, 6) is 0.977. The van der Waals surface area contributed by atoms with Gasteiger partial charge < -0.3 is 9.30 Å². The molecule has 0 spiro atoms. The minimum absolute atomic E-state index is 0.138. The van der Waals surface area contributed by atoms with E-state index in [2.05, 4.69) is 75.7 Å². The Morgan fingerprint density at radius 2 is 1.60 bits per heavy atom. The molecule has 3 aromatic rings. The van der Waals surface area contributed by atoms with Crippen molar-refractivity contribution in [2.75, 3.05) is 0 Å². The number of amidine groups is 1. The van der Waals surface area contributed by atoms with Crippen LogP contribution >= 0.6 is 27.7 Å². The van der Waals surface area contributed by atoms with Crippen LogP contribution in [-0.2, 0) is 11.4 Å². The quantitative estimate of drug-likeness (QED) is 0.240. The molecule has 0 bridgehead atoms. The fraction of sp³-hybridized carbons (Fsp3) is 0.429. The molecule has 0 unspecified atom stereocenters. The molecule has 6 rings (SSSR count). The Morgan fingerprint density at radius 1 is 0.929 bits per heavy atom. The van der Waals surface area contributed by atoms with E-state index in [1.165, 1.54) is 38.5 Å². The highest BCUT2D eigenvalue weighted by Crippen LogP contribution is 2.39. The number of rotatable bonds is 7. The number of thioether (sulfide) groups is 1. The molecule has 3 aliphatic rings. The van der Waals surface area contributed by atoms with E-state index >= 15 is 0 Å². The average molecular weight is 647 g/mol. The number of nitrogens with zero attached hydrogens (tertiary/aromatic N) is 3. The fourth-order valence-electron chi connectivity index (χ4n) is 6.52. The van der Waals surface area contributed by atoms with E-state index in [9.17, 15) is 4.79 Å². The first-order chi connectivity index (χ1) is 20.5. The summed E-state index contributed by atoms with van der Waals surface area (Å²) in [4.78, 5) is 21.9. The molecule has 0 N–H and O–H groups in total. The van der Waals surface area contributed by atoms with Gasteiger partial charge >= 0.3 is 0 Å². The second-order valence-corrected chi connectivity index (χ2v) is 13.8. The van der Waals surface area contributed by atoms with Gasteiger partial charge in [-0.1, -0.05) is 66.6 Å².